The quantitative estimate of drug-likeness (QED) is 0.732. The fourth-order valence-corrected chi connectivity index (χ4v) is 2.23. The summed E-state index contributed by atoms with van der Waals surface area (Å²) in [4.78, 5) is 0. The van der Waals surface area contributed by atoms with Crippen LogP contribution in [0.15, 0.2) is 60.7 Å². The van der Waals surface area contributed by atoms with Crippen LogP contribution in [0.25, 0.3) is 0 Å². The molecular formula is C18H23NO2. The minimum Gasteiger partial charge on any atom is -0.396 e. The van der Waals surface area contributed by atoms with Gasteiger partial charge in [0.15, 0.2) is 0 Å². The van der Waals surface area contributed by atoms with Gasteiger partial charge in [0.1, 0.15) is 0 Å². The highest BCUT2D eigenvalue weighted by atomic mass is 16.3. The van der Waals surface area contributed by atoms with Crippen molar-refractivity contribution in [2.24, 2.45) is 5.41 Å². The monoisotopic (exact) mass is 285 g/mol. The van der Waals surface area contributed by atoms with Crippen molar-refractivity contribution in [3.63, 3.8) is 0 Å². The highest BCUT2D eigenvalue weighted by molar-refractivity contribution is 5.31. The van der Waals surface area contributed by atoms with Gasteiger partial charge in [0.25, 0.3) is 0 Å². The summed E-state index contributed by atoms with van der Waals surface area (Å²) >= 11 is 0. The lowest BCUT2D eigenvalue weighted by Crippen LogP contribution is -2.39. The second-order valence-electron chi connectivity index (χ2n) is 5.76. The summed E-state index contributed by atoms with van der Waals surface area (Å²) in [6.45, 7) is 2.31. The van der Waals surface area contributed by atoms with Crippen LogP contribution in [0.3, 0.4) is 0 Å². The van der Waals surface area contributed by atoms with Crippen LogP contribution in [0.1, 0.15) is 24.1 Å². The Bertz CT molecular complexity index is 484. The van der Waals surface area contributed by atoms with Crippen molar-refractivity contribution in [3.8, 4) is 0 Å². The molecular weight excluding hydrogens is 262 g/mol. The molecule has 0 bridgehead atoms. The molecule has 3 nitrogen and oxygen atoms in total. The summed E-state index contributed by atoms with van der Waals surface area (Å²) in [6.07, 6.45) is 0. The Morgan fingerprint density at radius 3 is 1.67 bits per heavy atom. The lowest BCUT2D eigenvalue weighted by Gasteiger charge is -2.29. The summed E-state index contributed by atoms with van der Waals surface area (Å²) in [5, 5.41) is 22.4. The molecule has 0 aromatic heterocycles. The SMILES string of the molecule is CC(CO)(CO)CNC(c1ccccc1)c1ccccc1. The van der Waals surface area contributed by atoms with Crippen LogP contribution in [0, 0.1) is 5.41 Å². The van der Waals surface area contributed by atoms with Gasteiger partial charge in [0, 0.05) is 12.0 Å². The first-order valence-electron chi connectivity index (χ1n) is 7.23. The molecule has 0 fully saturated rings. The second kappa shape index (κ2) is 7.36. The van der Waals surface area contributed by atoms with Crippen LogP contribution < -0.4 is 5.32 Å². The van der Waals surface area contributed by atoms with Crippen molar-refractivity contribution in [3.05, 3.63) is 71.8 Å². The molecule has 0 saturated heterocycles. The fourth-order valence-electron chi connectivity index (χ4n) is 2.23. The van der Waals surface area contributed by atoms with E-state index in [1.165, 1.54) is 11.1 Å². The predicted octanol–water partition coefficient (Wildman–Crippen LogP) is 2.36. The van der Waals surface area contributed by atoms with Gasteiger partial charge in [-0.25, -0.2) is 0 Å². The number of aliphatic hydroxyl groups excluding tert-OH is 2. The predicted molar refractivity (Wildman–Crippen MR) is 85.0 cm³/mol. The third-order valence-corrected chi connectivity index (χ3v) is 3.76. The highest BCUT2D eigenvalue weighted by Gasteiger charge is 2.24. The van der Waals surface area contributed by atoms with Gasteiger partial charge < -0.3 is 15.5 Å². The molecule has 0 aliphatic carbocycles. The average molecular weight is 285 g/mol. The highest BCUT2D eigenvalue weighted by Crippen LogP contribution is 2.23. The molecule has 0 saturated carbocycles. The van der Waals surface area contributed by atoms with Gasteiger partial charge in [-0.3, -0.25) is 0 Å². The Kier molecular flexibility index (Phi) is 5.51. The van der Waals surface area contributed by atoms with Crippen LogP contribution in [0.5, 0.6) is 0 Å². The van der Waals surface area contributed by atoms with Gasteiger partial charge in [-0.15, -0.1) is 0 Å². The molecule has 0 atom stereocenters. The van der Waals surface area contributed by atoms with E-state index in [1.807, 2.05) is 43.3 Å². The first kappa shape index (κ1) is 15.7. The lowest BCUT2D eigenvalue weighted by atomic mass is 9.91. The topological polar surface area (TPSA) is 52.5 Å². The average Bonchev–Trinajstić information content (AvgIpc) is 2.57. The molecule has 21 heavy (non-hydrogen) atoms. The number of aliphatic hydroxyl groups is 2. The Hall–Kier alpha value is -1.68. The molecule has 0 radical (unpaired) electrons. The minimum absolute atomic E-state index is 0.0461. The maximum atomic E-state index is 9.44. The maximum Gasteiger partial charge on any atom is 0.0576 e. The molecule has 112 valence electrons. The summed E-state index contributed by atoms with van der Waals surface area (Å²) in [6, 6.07) is 20.4. The zero-order valence-electron chi connectivity index (χ0n) is 12.4. The largest absolute Gasteiger partial charge is 0.396 e. The Labute approximate surface area is 126 Å². The van der Waals surface area contributed by atoms with E-state index in [1.54, 1.807) is 0 Å². The third-order valence-electron chi connectivity index (χ3n) is 3.76. The van der Waals surface area contributed by atoms with Gasteiger partial charge in [-0.1, -0.05) is 67.6 Å². The van der Waals surface area contributed by atoms with Gasteiger partial charge in [0.2, 0.25) is 0 Å². The van der Waals surface area contributed by atoms with Gasteiger partial charge in [-0.2, -0.15) is 0 Å². The Morgan fingerprint density at radius 2 is 1.29 bits per heavy atom. The number of hydrogen-bond acceptors (Lipinski definition) is 3. The van der Waals surface area contributed by atoms with Crippen LogP contribution >= 0.6 is 0 Å². The number of benzene rings is 2. The van der Waals surface area contributed by atoms with E-state index in [4.69, 9.17) is 0 Å². The normalized spacial score (nSPS) is 11.8. The van der Waals surface area contributed by atoms with Gasteiger partial charge in [0.05, 0.1) is 19.3 Å². The van der Waals surface area contributed by atoms with E-state index >= 15 is 0 Å². The number of nitrogens with one attached hydrogen (secondary N) is 1. The van der Waals surface area contributed by atoms with Crippen LogP contribution in [0.4, 0.5) is 0 Å². The zero-order valence-corrected chi connectivity index (χ0v) is 12.4. The van der Waals surface area contributed by atoms with E-state index in [0.717, 1.165) is 0 Å². The van der Waals surface area contributed by atoms with E-state index < -0.39 is 5.41 Å². The molecule has 0 aliphatic heterocycles. The maximum absolute atomic E-state index is 9.44. The molecule has 0 unspecified atom stereocenters. The van der Waals surface area contributed by atoms with Crippen molar-refractivity contribution in [2.45, 2.75) is 13.0 Å². The first-order valence-corrected chi connectivity index (χ1v) is 7.23. The number of rotatable bonds is 7. The minimum atomic E-state index is -0.526. The molecule has 2 aromatic rings. The van der Waals surface area contributed by atoms with E-state index in [0.29, 0.717) is 6.54 Å². The van der Waals surface area contributed by atoms with E-state index in [-0.39, 0.29) is 19.3 Å². The molecule has 2 aromatic carbocycles. The number of hydrogen-bond donors (Lipinski definition) is 3. The zero-order chi connectivity index (χ0) is 15.1. The summed E-state index contributed by atoms with van der Waals surface area (Å²) in [7, 11) is 0. The lowest BCUT2D eigenvalue weighted by molar-refractivity contribution is 0.0682. The van der Waals surface area contributed by atoms with Crippen molar-refractivity contribution in [2.75, 3.05) is 19.8 Å². The van der Waals surface area contributed by atoms with Crippen LogP contribution in [-0.2, 0) is 0 Å². The van der Waals surface area contributed by atoms with Gasteiger partial charge >= 0.3 is 0 Å². The van der Waals surface area contributed by atoms with Crippen LogP contribution in [0.2, 0.25) is 0 Å². The molecule has 0 spiro atoms. The molecule has 0 heterocycles. The molecule has 0 amide bonds. The fraction of sp³-hybridized carbons (Fsp3) is 0.333. The smallest absolute Gasteiger partial charge is 0.0576 e. The Morgan fingerprint density at radius 1 is 0.857 bits per heavy atom. The van der Waals surface area contributed by atoms with E-state index in [2.05, 4.69) is 29.6 Å². The summed E-state index contributed by atoms with van der Waals surface area (Å²) < 4.78 is 0. The van der Waals surface area contributed by atoms with Crippen molar-refractivity contribution < 1.29 is 10.2 Å². The molecule has 3 heteroatoms. The first-order chi connectivity index (χ1) is 10.2. The standard InChI is InChI=1S/C18H23NO2/c1-18(13-20,14-21)12-19-17(15-8-4-2-5-9-15)16-10-6-3-7-11-16/h2-11,17,19-21H,12-14H2,1H3. The molecule has 3 N–H and O–H groups in total. The molecule has 2 rings (SSSR count). The summed E-state index contributed by atoms with van der Waals surface area (Å²) in [5.41, 5.74) is 1.81. The Balaban J connectivity index is 2.22. The van der Waals surface area contributed by atoms with Crippen molar-refractivity contribution >= 4 is 0 Å². The van der Waals surface area contributed by atoms with Crippen molar-refractivity contribution in [1.29, 1.82) is 0 Å². The van der Waals surface area contributed by atoms with Gasteiger partial charge in [-0.05, 0) is 11.1 Å². The van der Waals surface area contributed by atoms with Crippen LogP contribution in [-0.4, -0.2) is 30.0 Å². The van der Waals surface area contributed by atoms with Crippen molar-refractivity contribution in [1.82, 2.24) is 5.32 Å². The summed E-state index contributed by atoms with van der Waals surface area (Å²) in [5.74, 6) is 0. The van der Waals surface area contributed by atoms with E-state index in [9.17, 15) is 10.2 Å². The second-order valence-corrected chi connectivity index (χ2v) is 5.76. The third kappa shape index (κ3) is 4.14. The molecule has 0 aliphatic rings.